The fourth-order valence-corrected chi connectivity index (χ4v) is 3.54. The molecule has 33 heavy (non-hydrogen) atoms. The van der Waals surface area contributed by atoms with E-state index in [1.165, 1.54) is 17.6 Å². The Kier molecular flexibility index (Phi) is 11.0. The predicted octanol–water partition coefficient (Wildman–Crippen LogP) is 0.244. The quantitative estimate of drug-likeness (QED) is 0.394. The second kappa shape index (κ2) is 12.9. The number of hydrogen-bond donors (Lipinski definition) is 4. The second-order valence-electron chi connectivity index (χ2n) is 7.89. The van der Waals surface area contributed by atoms with Gasteiger partial charge in [-0.2, -0.15) is 4.74 Å². The average molecular weight is 469 g/mol. The Hall–Kier alpha value is -2.99. The average Bonchev–Trinajstić information content (AvgIpc) is 3.07. The number of hydrogen-bond acceptors (Lipinski definition) is 7. The van der Waals surface area contributed by atoms with Crippen molar-refractivity contribution in [3.63, 3.8) is 0 Å². The van der Waals surface area contributed by atoms with E-state index in [0.717, 1.165) is 31.6 Å². The first kappa shape index (κ1) is 28.0. The van der Waals surface area contributed by atoms with Gasteiger partial charge in [0.15, 0.2) is 17.8 Å². The summed E-state index contributed by atoms with van der Waals surface area (Å²) in [4.78, 5) is 34.3. The number of carboxylic acids is 2. The van der Waals surface area contributed by atoms with E-state index in [1.807, 2.05) is 31.2 Å². The summed E-state index contributed by atoms with van der Waals surface area (Å²) in [6.45, 7) is 9.71. The smallest absolute Gasteiger partial charge is 0.335 e. The highest BCUT2D eigenvalue weighted by Gasteiger charge is 2.29. The number of carbonyl (C=O) groups is 2. The third-order valence-corrected chi connectivity index (χ3v) is 5.44. The lowest BCUT2D eigenvalue weighted by molar-refractivity contribution is -0.165. The molecule has 2 atom stereocenters. The molecule has 2 unspecified atom stereocenters. The molecule has 0 saturated carbocycles. The van der Waals surface area contributed by atoms with Crippen molar-refractivity contribution in [1.29, 1.82) is 0 Å². The number of carboxylic acid groups (broad SMARTS) is 2. The van der Waals surface area contributed by atoms with Crippen molar-refractivity contribution < 1.29 is 40.0 Å². The van der Waals surface area contributed by atoms with Crippen molar-refractivity contribution in [3.8, 4) is 0 Å². The Balaban J connectivity index is 0.000000425. The number of fused-ring (bicyclic) bond motifs is 1. The third kappa shape index (κ3) is 7.82. The molecule has 0 aliphatic carbocycles. The summed E-state index contributed by atoms with van der Waals surface area (Å²) in [5, 5.41) is 33.2. The maximum Gasteiger partial charge on any atom is 0.335 e. The van der Waals surface area contributed by atoms with Gasteiger partial charge in [0.2, 0.25) is 0 Å². The minimum absolute atomic E-state index is 0. The molecule has 1 aliphatic rings. The molecule has 1 aromatic carbocycles. The largest absolute Gasteiger partial charge is 0.479 e. The van der Waals surface area contributed by atoms with Crippen LogP contribution in [-0.4, -0.2) is 79.3 Å². The minimum Gasteiger partial charge on any atom is -0.479 e. The number of nitrogens with zero attached hydrogens (tertiary/aromatic N) is 2. The Labute approximate surface area is 190 Å². The summed E-state index contributed by atoms with van der Waals surface area (Å²) < 4.78 is 7.21. The van der Waals surface area contributed by atoms with Crippen molar-refractivity contribution in [2.45, 2.75) is 44.9 Å². The minimum atomic E-state index is -2.27. The Bertz CT molecular complexity index is 971. The number of benzene rings is 1. The van der Waals surface area contributed by atoms with Gasteiger partial charge in [-0.25, -0.2) is 9.59 Å². The van der Waals surface area contributed by atoms with E-state index in [2.05, 4.69) is 11.5 Å². The summed E-state index contributed by atoms with van der Waals surface area (Å²) in [7, 11) is 0. The van der Waals surface area contributed by atoms with Gasteiger partial charge in [0.25, 0.3) is 5.56 Å². The van der Waals surface area contributed by atoms with E-state index in [9.17, 15) is 14.4 Å². The Morgan fingerprint density at radius 3 is 2.27 bits per heavy atom. The van der Waals surface area contributed by atoms with E-state index in [4.69, 9.17) is 24.9 Å². The Morgan fingerprint density at radius 2 is 1.76 bits per heavy atom. The van der Waals surface area contributed by atoms with Gasteiger partial charge in [-0.1, -0.05) is 17.7 Å². The standard InChI is InChI=1S/C18H24N2O2.C4H6O6.H2O/c1-3-9-19-10-6-15(7-11-19)8-12-20-18(21)16-13-14(2)4-5-17(16)22-20;5-1(3(7)8)2(6)4(9)10;/h3-5,13,15H,1,6-12H2,2H3;1-2,5-6H,(H,7,8)(H,9,10);1H2. The molecule has 1 saturated heterocycles. The number of aryl methyl sites for hydroxylation is 2. The molecule has 0 radical (unpaired) electrons. The predicted molar refractivity (Wildman–Crippen MR) is 120 cm³/mol. The van der Waals surface area contributed by atoms with Crippen LogP contribution >= 0.6 is 0 Å². The zero-order valence-electron chi connectivity index (χ0n) is 18.5. The molecule has 0 bridgehead atoms. The molecule has 1 fully saturated rings. The van der Waals surface area contributed by atoms with Gasteiger partial charge in [-0.3, -0.25) is 9.69 Å². The summed E-state index contributed by atoms with van der Waals surface area (Å²) in [6.07, 6.45) is 0.843. The van der Waals surface area contributed by atoms with E-state index in [1.54, 1.807) is 0 Å². The third-order valence-electron chi connectivity index (χ3n) is 5.44. The van der Waals surface area contributed by atoms with Crippen molar-refractivity contribution >= 4 is 22.9 Å². The van der Waals surface area contributed by atoms with Crippen LogP contribution in [0.4, 0.5) is 0 Å². The lowest BCUT2D eigenvalue weighted by Gasteiger charge is -2.30. The van der Waals surface area contributed by atoms with E-state index >= 15 is 0 Å². The summed E-state index contributed by atoms with van der Waals surface area (Å²) >= 11 is 0. The number of rotatable bonds is 8. The highest BCUT2D eigenvalue weighted by atomic mass is 16.5. The van der Waals surface area contributed by atoms with Gasteiger partial charge in [0, 0.05) is 6.54 Å². The first-order valence-electron chi connectivity index (χ1n) is 10.4. The zero-order valence-corrected chi connectivity index (χ0v) is 18.5. The van der Waals surface area contributed by atoms with Gasteiger partial charge in [0.1, 0.15) is 0 Å². The number of aromatic nitrogens is 1. The fraction of sp³-hybridized carbons (Fsp3) is 0.500. The van der Waals surface area contributed by atoms with Crippen molar-refractivity contribution in [3.05, 3.63) is 46.8 Å². The zero-order chi connectivity index (χ0) is 23.8. The first-order valence-corrected chi connectivity index (χ1v) is 10.4. The van der Waals surface area contributed by atoms with Crippen molar-refractivity contribution in [2.75, 3.05) is 19.6 Å². The van der Waals surface area contributed by atoms with Crippen LogP contribution in [0, 0.1) is 12.8 Å². The van der Waals surface area contributed by atoms with Gasteiger partial charge < -0.3 is 30.4 Å². The maximum absolute atomic E-state index is 12.3. The number of aliphatic hydroxyl groups excluding tert-OH is 2. The summed E-state index contributed by atoms with van der Waals surface area (Å²) in [5.41, 5.74) is 1.78. The summed E-state index contributed by atoms with van der Waals surface area (Å²) in [6, 6.07) is 5.77. The monoisotopic (exact) mass is 468 g/mol. The molecule has 1 aromatic heterocycles. The van der Waals surface area contributed by atoms with Crippen LogP contribution in [0.2, 0.25) is 0 Å². The van der Waals surface area contributed by atoms with Gasteiger partial charge >= 0.3 is 11.9 Å². The van der Waals surface area contributed by atoms with Crippen molar-refractivity contribution in [2.24, 2.45) is 5.92 Å². The molecule has 11 nitrogen and oxygen atoms in total. The summed E-state index contributed by atoms with van der Waals surface area (Å²) in [5.74, 6) is -2.85. The molecule has 2 heterocycles. The van der Waals surface area contributed by atoms with Crippen LogP contribution in [0.1, 0.15) is 24.8 Å². The van der Waals surface area contributed by atoms with E-state index in [0.29, 0.717) is 23.4 Å². The number of piperidine rings is 1. The van der Waals surface area contributed by atoms with Gasteiger partial charge in [0.05, 0.1) is 11.9 Å². The normalized spacial score (nSPS) is 16.2. The highest BCUT2D eigenvalue weighted by molar-refractivity contribution is 5.83. The SMILES string of the molecule is C=CCN1CCC(CCn2oc3ccc(C)cc3c2=O)CC1.O.O=C(O)C(O)C(O)C(=O)O. The van der Waals surface area contributed by atoms with Gasteiger partial charge in [-0.15, -0.1) is 6.58 Å². The lowest BCUT2D eigenvalue weighted by Crippen LogP contribution is -2.39. The van der Waals surface area contributed by atoms with Crippen LogP contribution in [0.25, 0.3) is 11.0 Å². The molecule has 6 N–H and O–H groups in total. The molecule has 1 aliphatic heterocycles. The Morgan fingerprint density at radius 1 is 1.18 bits per heavy atom. The topological polar surface area (TPSA) is 185 Å². The molecular weight excluding hydrogens is 436 g/mol. The van der Waals surface area contributed by atoms with Crippen molar-refractivity contribution in [1.82, 2.24) is 9.64 Å². The molecule has 2 aromatic rings. The van der Waals surface area contributed by atoms with Crippen LogP contribution in [-0.2, 0) is 16.1 Å². The number of aliphatic carboxylic acids is 2. The fourth-order valence-electron chi connectivity index (χ4n) is 3.54. The first-order chi connectivity index (χ1) is 15.1. The van der Waals surface area contributed by atoms with Crippen LogP contribution in [0.15, 0.2) is 40.2 Å². The molecular formula is C22H32N2O9. The molecule has 11 heteroatoms. The number of aliphatic hydroxyl groups is 2. The molecule has 3 rings (SSSR count). The molecule has 0 spiro atoms. The molecule has 184 valence electrons. The number of likely N-dealkylation sites (tertiary alicyclic amines) is 1. The lowest BCUT2D eigenvalue weighted by atomic mass is 9.93. The van der Waals surface area contributed by atoms with E-state index in [-0.39, 0.29) is 11.0 Å². The maximum atomic E-state index is 12.3. The second-order valence-corrected chi connectivity index (χ2v) is 7.89. The molecule has 0 amide bonds. The van der Waals surface area contributed by atoms with Crippen LogP contribution in [0.3, 0.4) is 0 Å². The van der Waals surface area contributed by atoms with E-state index < -0.39 is 24.1 Å². The van der Waals surface area contributed by atoms with Crippen LogP contribution < -0.4 is 5.56 Å². The van der Waals surface area contributed by atoms with Crippen LogP contribution in [0.5, 0.6) is 0 Å². The van der Waals surface area contributed by atoms with Gasteiger partial charge in [-0.05, 0) is 57.3 Å². The highest BCUT2D eigenvalue weighted by Crippen LogP contribution is 2.21.